The van der Waals surface area contributed by atoms with Crippen molar-refractivity contribution >= 4 is 29.7 Å². The van der Waals surface area contributed by atoms with Crippen molar-refractivity contribution in [3.8, 4) is 10.6 Å². The van der Waals surface area contributed by atoms with Crippen LogP contribution in [0.25, 0.3) is 10.6 Å². The maximum absolute atomic E-state index is 12.4. The number of rotatable bonds is 6. The van der Waals surface area contributed by atoms with Gasteiger partial charge in [-0.15, -0.1) is 23.7 Å². The summed E-state index contributed by atoms with van der Waals surface area (Å²) in [7, 11) is 0. The lowest BCUT2D eigenvalue weighted by atomic mass is 9.96. The molecule has 0 spiro atoms. The fraction of sp³-hybridized carbons (Fsp3) is 0.474. The fourth-order valence-corrected chi connectivity index (χ4v) is 3.76. The molecule has 0 aliphatic rings. The number of aryl methyl sites for hydroxylation is 2. The molecule has 1 aromatic carbocycles. The standard InChI is InChI=1S/C19H27N3OS.ClH/c1-6-11-19(5,20)18(23)22-14(4)16-13(3)21-17(24-16)15-9-7-12(2)8-10-15;/h7-10,14H,6,11,20H2,1-5H3,(H,22,23);1H. The lowest BCUT2D eigenvalue weighted by Crippen LogP contribution is -2.51. The molecule has 0 aliphatic carbocycles. The van der Waals surface area contributed by atoms with E-state index in [0.717, 1.165) is 27.6 Å². The quantitative estimate of drug-likeness (QED) is 0.771. The van der Waals surface area contributed by atoms with Crippen LogP contribution in [0.1, 0.15) is 55.8 Å². The van der Waals surface area contributed by atoms with E-state index in [-0.39, 0.29) is 24.4 Å². The fourth-order valence-electron chi connectivity index (χ4n) is 2.69. The first kappa shape index (κ1) is 21.6. The minimum absolute atomic E-state index is 0. The summed E-state index contributed by atoms with van der Waals surface area (Å²) in [5, 5.41) is 4.02. The molecule has 0 bridgehead atoms. The number of benzene rings is 1. The van der Waals surface area contributed by atoms with Crippen LogP contribution in [-0.4, -0.2) is 16.4 Å². The average molecular weight is 382 g/mol. The van der Waals surface area contributed by atoms with Gasteiger partial charge in [0.2, 0.25) is 5.91 Å². The second-order valence-corrected chi connectivity index (χ2v) is 7.73. The molecule has 0 saturated heterocycles. The highest BCUT2D eigenvalue weighted by Crippen LogP contribution is 2.32. The Bertz CT molecular complexity index is 710. The molecule has 0 fully saturated rings. The molecule has 6 heteroatoms. The maximum Gasteiger partial charge on any atom is 0.240 e. The first-order valence-electron chi connectivity index (χ1n) is 8.38. The first-order chi connectivity index (χ1) is 11.2. The molecule has 138 valence electrons. The molecule has 2 rings (SSSR count). The van der Waals surface area contributed by atoms with Gasteiger partial charge in [0.05, 0.1) is 22.2 Å². The second-order valence-electron chi connectivity index (χ2n) is 6.70. The van der Waals surface area contributed by atoms with Gasteiger partial charge in [0.25, 0.3) is 0 Å². The second kappa shape index (κ2) is 8.79. The van der Waals surface area contributed by atoms with Crippen LogP contribution in [0.2, 0.25) is 0 Å². The molecule has 3 N–H and O–H groups in total. The van der Waals surface area contributed by atoms with Crippen molar-refractivity contribution in [2.24, 2.45) is 5.73 Å². The lowest BCUT2D eigenvalue weighted by molar-refractivity contribution is -0.126. The van der Waals surface area contributed by atoms with Gasteiger partial charge in [-0.05, 0) is 34.1 Å². The van der Waals surface area contributed by atoms with Crippen LogP contribution in [0, 0.1) is 13.8 Å². The van der Waals surface area contributed by atoms with Gasteiger partial charge in [-0.25, -0.2) is 4.98 Å². The van der Waals surface area contributed by atoms with Gasteiger partial charge in [0.1, 0.15) is 5.01 Å². The molecule has 0 radical (unpaired) electrons. The van der Waals surface area contributed by atoms with E-state index in [9.17, 15) is 4.79 Å². The van der Waals surface area contributed by atoms with E-state index in [1.807, 2.05) is 20.8 Å². The van der Waals surface area contributed by atoms with E-state index >= 15 is 0 Å². The highest BCUT2D eigenvalue weighted by molar-refractivity contribution is 7.15. The third kappa shape index (κ3) is 5.27. The molecule has 0 aliphatic heterocycles. The number of nitrogens with two attached hydrogens (primary N) is 1. The summed E-state index contributed by atoms with van der Waals surface area (Å²) in [5.41, 5.74) is 8.58. The number of nitrogens with zero attached hydrogens (tertiary/aromatic N) is 1. The van der Waals surface area contributed by atoms with E-state index < -0.39 is 5.54 Å². The van der Waals surface area contributed by atoms with E-state index in [2.05, 4.69) is 41.5 Å². The number of carbonyl (C=O) groups excluding carboxylic acids is 1. The molecular formula is C19H28ClN3OS. The van der Waals surface area contributed by atoms with Crippen molar-refractivity contribution in [1.29, 1.82) is 0 Å². The Morgan fingerprint density at radius 2 is 1.92 bits per heavy atom. The third-order valence-electron chi connectivity index (χ3n) is 4.16. The van der Waals surface area contributed by atoms with Gasteiger partial charge in [-0.1, -0.05) is 43.2 Å². The summed E-state index contributed by atoms with van der Waals surface area (Å²) >= 11 is 1.63. The molecule has 1 heterocycles. The Hall–Kier alpha value is -1.43. The number of halogens is 1. The zero-order chi connectivity index (χ0) is 17.9. The van der Waals surface area contributed by atoms with E-state index in [0.29, 0.717) is 6.42 Å². The number of thiazole rings is 1. The smallest absolute Gasteiger partial charge is 0.240 e. The van der Waals surface area contributed by atoms with Gasteiger partial charge in [0.15, 0.2) is 0 Å². The van der Waals surface area contributed by atoms with Crippen LogP contribution in [0.5, 0.6) is 0 Å². The van der Waals surface area contributed by atoms with Crippen LogP contribution in [0.3, 0.4) is 0 Å². The van der Waals surface area contributed by atoms with Gasteiger partial charge in [-0.3, -0.25) is 4.79 Å². The van der Waals surface area contributed by atoms with E-state index in [4.69, 9.17) is 5.73 Å². The van der Waals surface area contributed by atoms with Gasteiger partial charge in [0, 0.05) is 5.56 Å². The number of carbonyl (C=O) groups is 1. The van der Waals surface area contributed by atoms with Crippen LogP contribution in [0.15, 0.2) is 24.3 Å². The summed E-state index contributed by atoms with van der Waals surface area (Å²) in [5.74, 6) is -0.110. The molecule has 2 aromatic rings. The average Bonchev–Trinajstić information content (AvgIpc) is 2.90. The minimum atomic E-state index is -0.832. The molecule has 25 heavy (non-hydrogen) atoms. The van der Waals surface area contributed by atoms with Gasteiger partial charge in [-0.2, -0.15) is 0 Å². The zero-order valence-corrected chi connectivity index (χ0v) is 17.2. The van der Waals surface area contributed by atoms with Crippen molar-refractivity contribution in [1.82, 2.24) is 10.3 Å². The predicted molar refractivity (Wildman–Crippen MR) is 108 cm³/mol. The predicted octanol–water partition coefficient (Wildman–Crippen LogP) is 4.54. The minimum Gasteiger partial charge on any atom is -0.347 e. The summed E-state index contributed by atoms with van der Waals surface area (Å²) < 4.78 is 0. The Kier molecular flexibility index (Phi) is 7.60. The summed E-state index contributed by atoms with van der Waals surface area (Å²) in [4.78, 5) is 18.2. The van der Waals surface area contributed by atoms with Crippen LogP contribution >= 0.6 is 23.7 Å². The van der Waals surface area contributed by atoms with Crippen LogP contribution in [-0.2, 0) is 4.79 Å². The van der Waals surface area contributed by atoms with Crippen molar-refractivity contribution in [3.05, 3.63) is 40.4 Å². The number of nitrogens with one attached hydrogen (secondary N) is 1. The summed E-state index contributed by atoms with van der Waals surface area (Å²) in [6, 6.07) is 8.23. The molecule has 2 atom stereocenters. The molecule has 0 saturated carbocycles. The Morgan fingerprint density at radius 1 is 1.32 bits per heavy atom. The van der Waals surface area contributed by atoms with Gasteiger partial charge >= 0.3 is 0 Å². The van der Waals surface area contributed by atoms with Crippen molar-refractivity contribution < 1.29 is 4.79 Å². The maximum atomic E-state index is 12.4. The topological polar surface area (TPSA) is 68.0 Å². The highest BCUT2D eigenvalue weighted by atomic mass is 35.5. The highest BCUT2D eigenvalue weighted by Gasteiger charge is 2.29. The van der Waals surface area contributed by atoms with E-state index in [1.54, 1.807) is 18.3 Å². The van der Waals surface area contributed by atoms with Crippen molar-refractivity contribution in [2.45, 2.75) is 59.0 Å². The van der Waals surface area contributed by atoms with Crippen LogP contribution in [0.4, 0.5) is 0 Å². The molecule has 4 nitrogen and oxygen atoms in total. The molecule has 1 amide bonds. The first-order valence-corrected chi connectivity index (χ1v) is 9.20. The Labute approximate surface area is 160 Å². The number of amides is 1. The Morgan fingerprint density at radius 3 is 2.48 bits per heavy atom. The lowest BCUT2D eigenvalue weighted by Gasteiger charge is -2.25. The zero-order valence-electron chi connectivity index (χ0n) is 15.6. The number of aromatic nitrogens is 1. The number of hydrogen-bond donors (Lipinski definition) is 2. The van der Waals surface area contributed by atoms with E-state index in [1.165, 1.54) is 5.56 Å². The van der Waals surface area contributed by atoms with Crippen LogP contribution < -0.4 is 11.1 Å². The normalized spacial score (nSPS) is 14.3. The number of hydrogen-bond acceptors (Lipinski definition) is 4. The summed E-state index contributed by atoms with van der Waals surface area (Å²) in [6.45, 7) is 9.86. The summed E-state index contributed by atoms with van der Waals surface area (Å²) in [6.07, 6.45) is 1.55. The van der Waals surface area contributed by atoms with Crippen molar-refractivity contribution in [3.63, 3.8) is 0 Å². The van der Waals surface area contributed by atoms with Crippen molar-refractivity contribution in [2.75, 3.05) is 0 Å². The monoisotopic (exact) mass is 381 g/mol. The largest absolute Gasteiger partial charge is 0.347 e. The third-order valence-corrected chi connectivity index (χ3v) is 5.55. The molecule has 2 unspecified atom stereocenters. The van der Waals surface area contributed by atoms with Gasteiger partial charge < -0.3 is 11.1 Å². The SMILES string of the molecule is CCCC(C)(N)C(=O)NC(C)c1sc(-c2ccc(C)cc2)nc1C.Cl. The molecule has 1 aromatic heterocycles. The Balaban J connectivity index is 0.00000312. The molecular weight excluding hydrogens is 354 g/mol.